The standard InChI is InChI=1S/C22H18BrNO/c1-2-12-25-22-11-10-19(23)14-17(22)13-18(15-24)21-9-5-7-16-6-3-4-8-20(16)21/h3-11,13-14H,2,12H2,1H3/b18-13-. The Bertz CT molecular complexity index is 964. The van der Waals surface area contributed by atoms with Crippen LogP contribution >= 0.6 is 15.9 Å². The van der Waals surface area contributed by atoms with Gasteiger partial charge in [-0.05, 0) is 41.5 Å². The predicted octanol–water partition coefficient (Wildman–Crippen LogP) is 6.46. The Hall–Kier alpha value is -2.57. The fourth-order valence-electron chi connectivity index (χ4n) is 2.76. The summed E-state index contributed by atoms with van der Waals surface area (Å²) in [5.41, 5.74) is 2.45. The molecule has 0 atom stereocenters. The molecule has 0 spiro atoms. The van der Waals surface area contributed by atoms with Gasteiger partial charge in [-0.2, -0.15) is 5.26 Å². The van der Waals surface area contributed by atoms with Crippen LogP contribution in [0.15, 0.2) is 65.1 Å². The molecule has 3 aromatic rings. The van der Waals surface area contributed by atoms with E-state index in [9.17, 15) is 5.26 Å². The van der Waals surface area contributed by atoms with E-state index in [4.69, 9.17) is 4.74 Å². The van der Waals surface area contributed by atoms with Crippen molar-refractivity contribution in [3.8, 4) is 11.8 Å². The van der Waals surface area contributed by atoms with Crippen molar-refractivity contribution in [2.45, 2.75) is 13.3 Å². The van der Waals surface area contributed by atoms with Crippen LogP contribution in [-0.4, -0.2) is 6.61 Å². The molecule has 0 heterocycles. The number of fused-ring (bicyclic) bond motifs is 1. The van der Waals surface area contributed by atoms with Gasteiger partial charge in [0.05, 0.1) is 18.2 Å². The quantitative estimate of drug-likeness (QED) is 0.369. The number of nitrogens with zero attached hydrogens (tertiary/aromatic N) is 1. The summed E-state index contributed by atoms with van der Waals surface area (Å²) in [6.45, 7) is 2.73. The van der Waals surface area contributed by atoms with Crippen molar-refractivity contribution in [3.63, 3.8) is 0 Å². The first kappa shape index (κ1) is 17.3. The fraction of sp³-hybridized carbons (Fsp3) is 0.136. The molecule has 0 bridgehead atoms. The Morgan fingerprint density at radius 3 is 2.72 bits per heavy atom. The summed E-state index contributed by atoms with van der Waals surface area (Å²) >= 11 is 3.50. The Labute approximate surface area is 156 Å². The molecule has 0 aliphatic carbocycles. The zero-order valence-electron chi connectivity index (χ0n) is 14.0. The average Bonchev–Trinajstić information content (AvgIpc) is 2.65. The molecule has 0 radical (unpaired) electrons. The minimum Gasteiger partial charge on any atom is -0.493 e. The molecule has 0 aliphatic rings. The van der Waals surface area contributed by atoms with Gasteiger partial charge in [-0.25, -0.2) is 0 Å². The number of rotatable bonds is 5. The number of benzene rings is 3. The molecule has 0 saturated carbocycles. The van der Waals surface area contributed by atoms with Crippen LogP contribution in [0.25, 0.3) is 22.4 Å². The second-order valence-corrected chi connectivity index (χ2v) is 6.64. The molecule has 2 nitrogen and oxygen atoms in total. The van der Waals surface area contributed by atoms with Gasteiger partial charge < -0.3 is 4.74 Å². The highest BCUT2D eigenvalue weighted by atomic mass is 79.9. The number of nitriles is 1. The molecule has 0 saturated heterocycles. The largest absolute Gasteiger partial charge is 0.493 e. The summed E-state index contributed by atoms with van der Waals surface area (Å²) < 4.78 is 6.79. The molecule has 0 N–H and O–H groups in total. The Kier molecular flexibility index (Phi) is 5.53. The van der Waals surface area contributed by atoms with Gasteiger partial charge in [-0.1, -0.05) is 65.3 Å². The van der Waals surface area contributed by atoms with Gasteiger partial charge in [0.25, 0.3) is 0 Å². The fourth-order valence-corrected chi connectivity index (χ4v) is 3.14. The first-order valence-electron chi connectivity index (χ1n) is 8.25. The van der Waals surface area contributed by atoms with Crippen LogP contribution in [0.2, 0.25) is 0 Å². The van der Waals surface area contributed by atoms with Gasteiger partial charge in [-0.15, -0.1) is 0 Å². The minimum atomic E-state index is 0.622. The van der Waals surface area contributed by atoms with Crippen LogP contribution in [0.1, 0.15) is 24.5 Å². The SMILES string of the molecule is CCCOc1ccc(Br)cc1/C=C(/C#N)c1cccc2ccccc12. The molecule has 0 amide bonds. The Morgan fingerprint density at radius 1 is 1.12 bits per heavy atom. The summed E-state index contributed by atoms with van der Waals surface area (Å²) in [5.74, 6) is 0.790. The number of hydrogen-bond acceptors (Lipinski definition) is 2. The van der Waals surface area contributed by atoms with E-state index in [1.807, 2.05) is 54.6 Å². The van der Waals surface area contributed by atoms with Crippen molar-refractivity contribution in [1.29, 1.82) is 5.26 Å². The first-order chi connectivity index (χ1) is 12.2. The van der Waals surface area contributed by atoms with E-state index >= 15 is 0 Å². The van der Waals surface area contributed by atoms with Crippen molar-refractivity contribution in [3.05, 3.63) is 76.3 Å². The molecule has 3 aromatic carbocycles. The Balaban J connectivity index is 2.12. The maximum Gasteiger partial charge on any atom is 0.126 e. The normalized spacial score (nSPS) is 11.3. The summed E-state index contributed by atoms with van der Waals surface area (Å²) in [4.78, 5) is 0. The topological polar surface area (TPSA) is 33.0 Å². The third-order valence-electron chi connectivity index (χ3n) is 3.93. The van der Waals surface area contributed by atoms with Gasteiger partial charge >= 0.3 is 0 Å². The molecular formula is C22H18BrNO. The van der Waals surface area contributed by atoms with Gasteiger partial charge in [0.15, 0.2) is 0 Å². The van der Waals surface area contributed by atoms with Crippen LogP contribution < -0.4 is 4.74 Å². The van der Waals surface area contributed by atoms with E-state index in [-0.39, 0.29) is 0 Å². The van der Waals surface area contributed by atoms with Crippen LogP contribution in [0.5, 0.6) is 5.75 Å². The van der Waals surface area contributed by atoms with Gasteiger partial charge in [0.2, 0.25) is 0 Å². The highest BCUT2D eigenvalue weighted by molar-refractivity contribution is 9.10. The van der Waals surface area contributed by atoms with Crippen molar-refractivity contribution in [2.75, 3.05) is 6.61 Å². The molecule has 25 heavy (non-hydrogen) atoms. The molecule has 0 aliphatic heterocycles. The first-order valence-corrected chi connectivity index (χ1v) is 9.04. The smallest absolute Gasteiger partial charge is 0.126 e. The van der Waals surface area contributed by atoms with E-state index in [1.165, 1.54) is 0 Å². The van der Waals surface area contributed by atoms with Gasteiger partial charge in [-0.3, -0.25) is 0 Å². The molecule has 124 valence electrons. The zero-order chi connectivity index (χ0) is 17.6. The van der Waals surface area contributed by atoms with Crippen molar-refractivity contribution >= 4 is 38.4 Å². The zero-order valence-corrected chi connectivity index (χ0v) is 15.6. The lowest BCUT2D eigenvalue weighted by atomic mass is 9.97. The molecule has 0 unspecified atom stereocenters. The second-order valence-electron chi connectivity index (χ2n) is 5.73. The lowest BCUT2D eigenvalue weighted by molar-refractivity contribution is 0.317. The van der Waals surface area contributed by atoms with Crippen LogP contribution in [0.4, 0.5) is 0 Å². The summed E-state index contributed by atoms with van der Waals surface area (Å²) in [5, 5.41) is 12.0. The Morgan fingerprint density at radius 2 is 1.92 bits per heavy atom. The van der Waals surface area contributed by atoms with Crippen molar-refractivity contribution in [1.82, 2.24) is 0 Å². The maximum absolute atomic E-state index is 9.77. The molecule has 0 fully saturated rings. The number of hydrogen-bond donors (Lipinski definition) is 0. The average molecular weight is 392 g/mol. The molecular weight excluding hydrogens is 374 g/mol. The highest BCUT2D eigenvalue weighted by Gasteiger charge is 2.09. The molecule has 3 heteroatoms. The van der Waals surface area contributed by atoms with Crippen LogP contribution in [0.3, 0.4) is 0 Å². The number of ether oxygens (including phenoxy) is 1. The third-order valence-corrected chi connectivity index (χ3v) is 4.43. The molecule has 3 rings (SSSR count). The van der Waals surface area contributed by atoms with Gasteiger partial charge in [0, 0.05) is 15.6 Å². The van der Waals surface area contributed by atoms with E-state index in [0.717, 1.165) is 38.5 Å². The number of allylic oxidation sites excluding steroid dienone is 1. The summed E-state index contributed by atoms with van der Waals surface area (Å²) in [7, 11) is 0. The summed E-state index contributed by atoms with van der Waals surface area (Å²) in [6, 6.07) is 22.4. The maximum atomic E-state index is 9.77. The van der Waals surface area contributed by atoms with Crippen LogP contribution in [0, 0.1) is 11.3 Å². The predicted molar refractivity (Wildman–Crippen MR) is 107 cm³/mol. The second kappa shape index (κ2) is 8.00. The van der Waals surface area contributed by atoms with Crippen molar-refractivity contribution in [2.24, 2.45) is 0 Å². The summed E-state index contributed by atoms with van der Waals surface area (Å²) in [6.07, 6.45) is 2.84. The van der Waals surface area contributed by atoms with E-state index in [2.05, 4.69) is 41.1 Å². The minimum absolute atomic E-state index is 0.622. The third kappa shape index (κ3) is 3.92. The lowest BCUT2D eigenvalue weighted by Crippen LogP contribution is -1.97. The van der Waals surface area contributed by atoms with E-state index in [0.29, 0.717) is 12.2 Å². The number of halogens is 1. The van der Waals surface area contributed by atoms with E-state index < -0.39 is 0 Å². The van der Waals surface area contributed by atoms with Gasteiger partial charge in [0.1, 0.15) is 5.75 Å². The van der Waals surface area contributed by atoms with Crippen molar-refractivity contribution < 1.29 is 4.74 Å². The van der Waals surface area contributed by atoms with E-state index in [1.54, 1.807) is 0 Å². The lowest BCUT2D eigenvalue weighted by Gasteiger charge is -2.10. The molecule has 0 aromatic heterocycles. The monoisotopic (exact) mass is 391 g/mol. The highest BCUT2D eigenvalue weighted by Crippen LogP contribution is 2.30. The van der Waals surface area contributed by atoms with Crippen LogP contribution in [-0.2, 0) is 0 Å².